The number of imidazole rings is 1. The van der Waals surface area contributed by atoms with Gasteiger partial charge in [0.2, 0.25) is 5.91 Å². The Morgan fingerprint density at radius 1 is 1.27 bits per heavy atom. The molecule has 2 aromatic heterocycles. The van der Waals surface area contributed by atoms with E-state index in [0.29, 0.717) is 17.3 Å². The number of benzene rings is 1. The minimum Gasteiger partial charge on any atom is -0.383 e. The Balaban J connectivity index is 1.84. The third kappa shape index (κ3) is 2.90. The summed E-state index contributed by atoms with van der Waals surface area (Å²) in [4.78, 5) is 19.8. The van der Waals surface area contributed by atoms with Gasteiger partial charge in [-0.15, -0.1) is 0 Å². The lowest BCUT2D eigenvalue weighted by Crippen LogP contribution is -2.08. The van der Waals surface area contributed by atoms with E-state index in [4.69, 9.17) is 5.73 Å². The molecular weight excluding hydrogens is 278 g/mol. The van der Waals surface area contributed by atoms with E-state index in [0.717, 1.165) is 18.5 Å². The molecule has 2 heterocycles. The zero-order valence-corrected chi connectivity index (χ0v) is 12.3. The molecule has 0 bridgehead atoms. The summed E-state index contributed by atoms with van der Waals surface area (Å²) in [5.74, 6) is 0.869. The molecule has 6 nitrogen and oxygen atoms in total. The fourth-order valence-electron chi connectivity index (χ4n) is 2.36. The van der Waals surface area contributed by atoms with E-state index in [1.165, 1.54) is 12.5 Å². The normalized spacial score (nSPS) is 10.8. The molecule has 0 aliphatic carbocycles. The number of rotatable bonds is 4. The fourth-order valence-corrected chi connectivity index (χ4v) is 2.36. The summed E-state index contributed by atoms with van der Waals surface area (Å²) in [5, 5.41) is 2.64. The van der Waals surface area contributed by atoms with E-state index in [9.17, 15) is 4.79 Å². The van der Waals surface area contributed by atoms with Crippen LogP contribution in [0.25, 0.3) is 5.65 Å². The average molecular weight is 295 g/mol. The molecule has 1 aromatic carbocycles. The number of carbonyl (C=O) groups excluding carboxylic acids is 1. The topological polar surface area (TPSA) is 85.3 Å². The highest BCUT2D eigenvalue weighted by molar-refractivity contribution is 5.87. The molecule has 0 saturated heterocycles. The minimum absolute atomic E-state index is 0.171. The second-order valence-corrected chi connectivity index (χ2v) is 5.11. The smallest absolute Gasteiger partial charge is 0.222 e. The number of nitrogens with zero attached hydrogens (tertiary/aromatic N) is 3. The summed E-state index contributed by atoms with van der Waals surface area (Å²) in [7, 11) is 0. The fraction of sp³-hybridized carbons (Fsp3) is 0.188. The van der Waals surface area contributed by atoms with Crippen molar-refractivity contribution in [3.63, 3.8) is 0 Å². The van der Waals surface area contributed by atoms with Crippen LogP contribution < -0.4 is 11.1 Å². The van der Waals surface area contributed by atoms with Crippen LogP contribution in [0.4, 0.5) is 11.6 Å². The second kappa shape index (κ2) is 5.85. The molecule has 0 aliphatic heterocycles. The van der Waals surface area contributed by atoms with Gasteiger partial charge in [-0.05, 0) is 18.4 Å². The third-order valence-corrected chi connectivity index (χ3v) is 3.42. The summed E-state index contributed by atoms with van der Waals surface area (Å²) in [6.45, 7) is 1.44. The van der Waals surface area contributed by atoms with Crippen molar-refractivity contribution < 1.29 is 4.79 Å². The largest absolute Gasteiger partial charge is 0.383 e. The van der Waals surface area contributed by atoms with Crippen LogP contribution in [-0.4, -0.2) is 20.3 Å². The Bertz CT molecular complexity index is 810. The first-order valence-electron chi connectivity index (χ1n) is 7.07. The number of nitrogens with one attached hydrogen (secondary N) is 1. The highest BCUT2D eigenvalue weighted by Crippen LogP contribution is 2.18. The maximum absolute atomic E-state index is 11.1. The number of aromatic nitrogens is 3. The zero-order valence-electron chi connectivity index (χ0n) is 12.3. The molecule has 0 radical (unpaired) electrons. The van der Waals surface area contributed by atoms with E-state index in [1.54, 1.807) is 16.8 Å². The number of nitrogen functional groups attached to an aromatic ring is 1. The maximum atomic E-state index is 11.1. The SMILES string of the molecule is CC(=O)Nc1cn2c(N)c(CCc3ccccc3)nc2cn1. The Labute approximate surface area is 128 Å². The van der Waals surface area contributed by atoms with Crippen LogP contribution >= 0.6 is 0 Å². The molecule has 0 fully saturated rings. The Kier molecular flexibility index (Phi) is 3.74. The van der Waals surface area contributed by atoms with Gasteiger partial charge in [-0.3, -0.25) is 9.20 Å². The van der Waals surface area contributed by atoms with E-state index in [2.05, 4.69) is 27.4 Å². The van der Waals surface area contributed by atoms with Crippen LogP contribution in [0.1, 0.15) is 18.2 Å². The summed E-state index contributed by atoms with van der Waals surface area (Å²) in [6, 6.07) is 10.2. The maximum Gasteiger partial charge on any atom is 0.222 e. The molecule has 22 heavy (non-hydrogen) atoms. The molecule has 0 spiro atoms. The monoisotopic (exact) mass is 295 g/mol. The van der Waals surface area contributed by atoms with E-state index in [-0.39, 0.29) is 5.91 Å². The summed E-state index contributed by atoms with van der Waals surface area (Å²) < 4.78 is 1.75. The molecule has 0 saturated carbocycles. The molecule has 0 unspecified atom stereocenters. The molecule has 1 amide bonds. The first kappa shape index (κ1) is 14.1. The number of fused-ring (bicyclic) bond motifs is 1. The summed E-state index contributed by atoms with van der Waals surface area (Å²) in [6.07, 6.45) is 4.92. The predicted octanol–water partition coefficient (Wildman–Crippen LogP) is 2.06. The van der Waals surface area contributed by atoms with Gasteiger partial charge in [-0.25, -0.2) is 9.97 Å². The first-order chi connectivity index (χ1) is 10.6. The molecule has 3 aromatic rings. The number of hydrogen-bond acceptors (Lipinski definition) is 4. The van der Waals surface area contributed by atoms with E-state index < -0.39 is 0 Å². The van der Waals surface area contributed by atoms with Crippen molar-refractivity contribution in [1.82, 2.24) is 14.4 Å². The molecule has 3 N–H and O–H groups in total. The third-order valence-electron chi connectivity index (χ3n) is 3.42. The van der Waals surface area contributed by atoms with Gasteiger partial charge < -0.3 is 11.1 Å². The Morgan fingerprint density at radius 2 is 2.05 bits per heavy atom. The zero-order chi connectivity index (χ0) is 15.5. The van der Waals surface area contributed by atoms with Crippen LogP contribution in [0.15, 0.2) is 42.7 Å². The molecule has 3 rings (SSSR count). The van der Waals surface area contributed by atoms with Crippen LogP contribution in [-0.2, 0) is 17.6 Å². The minimum atomic E-state index is -0.171. The number of nitrogens with two attached hydrogens (primary N) is 1. The molecule has 0 aliphatic rings. The van der Waals surface area contributed by atoms with Gasteiger partial charge in [0.25, 0.3) is 0 Å². The number of amides is 1. The van der Waals surface area contributed by atoms with Crippen LogP contribution in [0.5, 0.6) is 0 Å². The lowest BCUT2D eigenvalue weighted by Gasteiger charge is -2.03. The standard InChI is InChI=1S/C16H17N5O/c1-11(22)19-14-10-21-15(9-18-14)20-13(16(21)17)8-7-12-5-3-2-4-6-12/h2-6,9-10H,7-8,17H2,1H3,(H,19,22). The first-order valence-corrected chi connectivity index (χ1v) is 7.07. The molecule has 112 valence electrons. The van der Waals surface area contributed by atoms with Crippen molar-refractivity contribution in [2.75, 3.05) is 11.1 Å². The highest BCUT2D eigenvalue weighted by Gasteiger charge is 2.10. The number of aryl methyl sites for hydroxylation is 2. The van der Waals surface area contributed by atoms with Crippen molar-refractivity contribution in [3.8, 4) is 0 Å². The van der Waals surface area contributed by atoms with Gasteiger partial charge >= 0.3 is 0 Å². The lowest BCUT2D eigenvalue weighted by molar-refractivity contribution is -0.114. The summed E-state index contributed by atoms with van der Waals surface area (Å²) >= 11 is 0. The number of anilines is 2. The number of carbonyl (C=O) groups is 1. The Hall–Kier alpha value is -2.89. The summed E-state index contributed by atoms with van der Waals surface area (Å²) in [5.41, 5.74) is 8.92. The van der Waals surface area contributed by atoms with Crippen LogP contribution in [0.3, 0.4) is 0 Å². The average Bonchev–Trinajstić information content (AvgIpc) is 2.82. The second-order valence-electron chi connectivity index (χ2n) is 5.11. The van der Waals surface area contributed by atoms with Crippen molar-refractivity contribution in [2.24, 2.45) is 0 Å². The van der Waals surface area contributed by atoms with Crippen LogP contribution in [0.2, 0.25) is 0 Å². The number of hydrogen-bond donors (Lipinski definition) is 2. The molecular formula is C16H17N5O. The molecule has 0 atom stereocenters. The van der Waals surface area contributed by atoms with E-state index >= 15 is 0 Å². The van der Waals surface area contributed by atoms with Gasteiger partial charge in [0, 0.05) is 6.92 Å². The highest BCUT2D eigenvalue weighted by atomic mass is 16.1. The Morgan fingerprint density at radius 3 is 2.77 bits per heavy atom. The lowest BCUT2D eigenvalue weighted by atomic mass is 10.1. The van der Waals surface area contributed by atoms with Gasteiger partial charge in [-0.1, -0.05) is 30.3 Å². The van der Waals surface area contributed by atoms with Crippen molar-refractivity contribution in [2.45, 2.75) is 19.8 Å². The van der Waals surface area contributed by atoms with Gasteiger partial charge in [-0.2, -0.15) is 0 Å². The van der Waals surface area contributed by atoms with Crippen molar-refractivity contribution >= 4 is 23.2 Å². The van der Waals surface area contributed by atoms with Crippen molar-refractivity contribution in [3.05, 3.63) is 54.0 Å². The van der Waals surface area contributed by atoms with Gasteiger partial charge in [0.1, 0.15) is 11.6 Å². The molecule has 6 heteroatoms. The van der Waals surface area contributed by atoms with Crippen LogP contribution in [0, 0.1) is 0 Å². The van der Waals surface area contributed by atoms with Gasteiger partial charge in [0.15, 0.2) is 5.65 Å². The predicted molar refractivity (Wildman–Crippen MR) is 85.6 cm³/mol. The quantitative estimate of drug-likeness (QED) is 0.771. The van der Waals surface area contributed by atoms with Gasteiger partial charge in [0.05, 0.1) is 18.1 Å². The van der Waals surface area contributed by atoms with Crippen molar-refractivity contribution in [1.29, 1.82) is 0 Å². The van der Waals surface area contributed by atoms with E-state index in [1.807, 2.05) is 18.2 Å².